The number of aliphatic hydroxyl groups excluding tert-OH is 1. The zero-order valence-electron chi connectivity index (χ0n) is 20.2. The lowest BCUT2D eigenvalue weighted by Crippen LogP contribution is -2.33. The Bertz CT molecular complexity index is 1290. The molecule has 0 aliphatic heterocycles. The molecule has 1 aromatic heterocycles. The number of fused-ring (bicyclic) bond motifs is 1. The number of hydrogen-bond donors (Lipinski definition) is 3. The molecule has 1 aliphatic carbocycles. The van der Waals surface area contributed by atoms with E-state index in [0.29, 0.717) is 12.0 Å². The van der Waals surface area contributed by atoms with Crippen LogP contribution >= 0.6 is 0 Å². The standard InChI is InChI=1S/C31H31N3O2/c35-29-20-26-12-11-22(21-32-17-6-10-27-9-4-5-18-33-27)19-28(26)30(29)34-31(36)25-15-13-24(14-16-25)23-7-2-1-3-8-23/h1-5,7-9,11-16,18-19,29-30,32,35H,6,10,17,20-21H2,(H,34,36)/t29-,30-/m1/s1. The van der Waals surface area contributed by atoms with E-state index >= 15 is 0 Å². The van der Waals surface area contributed by atoms with E-state index in [9.17, 15) is 9.90 Å². The maximum atomic E-state index is 13.0. The molecule has 0 saturated carbocycles. The fourth-order valence-electron chi connectivity index (χ4n) is 4.80. The third-order valence-corrected chi connectivity index (χ3v) is 6.74. The Hall–Kier alpha value is -3.80. The molecule has 1 amide bonds. The summed E-state index contributed by atoms with van der Waals surface area (Å²) in [5.74, 6) is -0.176. The van der Waals surface area contributed by atoms with Gasteiger partial charge in [-0.15, -0.1) is 0 Å². The zero-order chi connectivity index (χ0) is 24.7. The molecule has 4 aromatic rings. The SMILES string of the molecule is O=C(N[C@@H]1c2cc(CNCCCc3ccccn3)ccc2C[C@H]1O)c1ccc(-c2ccccc2)cc1. The van der Waals surface area contributed by atoms with Gasteiger partial charge in [0.1, 0.15) is 0 Å². The lowest BCUT2D eigenvalue weighted by Gasteiger charge is -2.19. The third-order valence-electron chi connectivity index (χ3n) is 6.74. The first-order chi connectivity index (χ1) is 17.7. The van der Waals surface area contributed by atoms with Crippen molar-refractivity contribution in [2.75, 3.05) is 6.54 Å². The summed E-state index contributed by atoms with van der Waals surface area (Å²) < 4.78 is 0. The normalized spacial score (nSPS) is 16.5. The van der Waals surface area contributed by atoms with Gasteiger partial charge in [-0.2, -0.15) is 0 Å². The zero-order valence-corrected chi connectivity index (χ0v) is 20.2. The minimum absolute atomic E-state index is 0.176. The quantitative estimate of drug-likeness (QED) is 0.301. The summed E-state index contributed by atoms with van der Waals surface area (Å²) in [7, 11) is 0. The summed E-state index contributed by atoms with van der Waals surface area (Å²) in [5.41, 5.74) is 7.11. The van der Waals surface area contributed by atoms with Gasteiger partial charge < -0.3 is 15.7 Å². The van der Waals surface area contributed by atoms with Crippen LogP contribution in [0.3, 0.4) is 0 Å². The van der Waals surface area contributed by atoms with Gasteiger partial charge in [0, 0.05) is 30.4 Å². The number of nitrogens with one attached hydrogen (secondary N) is 2. The first kappa shape index (κ1) is 23.9. The highest BCUT2D eigenvalue weighted by molar-refractivity contribution is 5.95. The van der Waals surface area contributed by atoms with E-state index in [0.717, 1.165) is 59.4 Å². The minimum Gasteiger partial charge on any atom is -0.390 e. The van der Waals surface area contributed by atoms with Gasteiger partial charge in [0.25, 0.3) is 5.91 Å². The lowest BCUT2D eigenvalue weighted by atomic mass is 10.0. The number of benzene rings is 3. The van der Waals surface area contributed by atoms with Crippen molar-refractivity contribution in [1.82, 2.24) is 15.6 Å². The van der Waals surface area contributed by atoms with E-state index < -0.39 is 12.1 Å². The number of hydrogen-bond acceptors (Lipinski definition) is 4. The van der Waals surface area contributed by atoms with Gasteiger partial charge in [-0.1, -0.05) is 66.7 Å². The Morgan fingerprint density at radius 3 is 2.47 bits per heavy atom. The van der Waals surface area contributed by atoms with Gasteiger partial charge in [0.05, 0.1) is 12.1 Å². The molecule has 5 heteroatoms. The van der Waals surface area contributed by atoms with E-state index in [1.807, 2.05) is 72.9 Å². The second-order valence-electron chi connectivity index (χ2n) is 9.30. The molecule has 5 nitrogen and oxygen atoms in total. The fourth-order valence-corrected chi connectivity index (χ4v) is 4.80. The number of aliphatic hydroxyl groups is 1. The van der Waals surface area contributed by atoms with Crippen LogP contribution in [0.1, 0.15) is 45.2 Å². The van der Waals surface area contributed by atoms with Crippen molar-refractivity contribution in [3.05, 3.63) is 125 Å². The van der Waals surface area contributed by atoms with E-state index in [-0.39, 0.29) is 5.91 Å². The van der Waals surface area contributed by atoms with Crippen molar-refractivity contribution in [2.24, 2.45) is 0 Å². The smallest absolute Gasteiger partial charge is 0.251 e. The number of aryl methyl sites for hydroxylation is 1. The van der Waals surface area contributed by atoms with Crippen molar-refractivity contribution in [3.8, 4) is 11.1 Å². The Morgan fingerprint density at radius 2 is 1.69 bits per heavy atom. The van der Waals surface area contributed by atoms with Crippen LogP contribution in [0.5, 0.6) is 0 Å². The number of carbonyl (C=O) groups is 1. The molecule has 1 heterocycles. The molecular weight excluding hydrogens is 446 g/mol. The van der Waals surface area contributed by atoms with E-state index in [4.69, 9.17) is 0 Å². The highest BCUT2D eigenvalue weighted by atomic mass is 16.3. The molecule has 3 aromatic carbocycles. The molecule has 2 atom stereocenters. The highest BCUT2D eigenvalue weighted by Crippen LogP contribution is 2.32. The highest BCUT2D eigenvalue weighted by Gasteiger charge is 2.32. The van der Waals surface area contributed by atoms with E-state index in [2.05, 4.69) is 39.9 Å². The van der Waals surface area contributed by atoms with Crippen molar-refractivity contribution in [2.45, 2.75) is 38.0 Å². The molecule has 0 fully saturated rings. The Balaban J connectivity index is 1.18. The van der Waals surface area contributed by atoms with E-state index in [1.54, 1.807) is 0 Å². The first-order valence-corrected chi connectivity index (χ1v) is 12.5. The van der Waals surface area contributed by atoms with Gasteiger partial charge in [0.15, 0.2) is 0 Å². The molecule has 0 radical (unpaired) electrons. The van der Waals surface area contributed by atoms with Crippen LogP contribution in [0.15, 0.2) is 97.2 Å². The van der Waals surface area contributed by atoms with Crippen LogP contribution in [-0.4, -0.2) is 28.6 Å². The summed E-state index contributed by atoms with van der Waals surface area (Å²) >= 11 is 0. The van der Waals surface area contributed by atoms with Crippen LogP contribution in [0.2, 0.25) is 0 Å². The van der Waals surface area contributed by atoms with Crippen molar-refractivity contribution >= 4 is 5.91 Å². The molecule has 36 heavy (non-hydrogen) atoms. The maximum Gasteiger partial charge on any atom is 0.251 e. The Morgan fingerprint density at radius 1 is 0.917 bits per heavy atom. The molecular formula is C31H31N3O2. The van der Waals surface area contributed by atoms with Crippen molar-refractivity contribution < 1.29 is 9.90 Å². The first-order valence-electron chi connectivity index (χ1n) is 12.5. The molecule has 0 unspecified atom stereocenters. The van der Waals surface area contributed by atoms with Crippen LogP contribution in [0, 0.1) is 0 Å². The lowest BCUT2D eigenvalue weighted by molar-refractivity contribution is 0.0858. The van der Waals surface area contributed by atoms with Gasteiger partial charge in [-0.05, 0) is 71.5 Å². The Labute approximate surface area is 212 Å². The van der Waals surface area contributed by atoms with Gasteiger partial charge in [-0.25, -0.2) is 0 Å². The summed E-state index contributed by atoms with van der Waals surface area (Å²) in [5, 5.41) is 17.3. The van der Waals surface area contributed by atoms with Crippen LogP contribution in [0.4, 0.5) is 0 Å². The van der Waals surface area contributed by atoms with Gasteiger partial charge in [-0.3, -0.25) is 9.78 Å². The average molecular weight is 478 g/mol. The monoisotopic (exact) mass is 477 g/mol. The Kier molecular flexibility index (Phi) is 7.50. The van der Waals surface area contributed by atoms with Gasteiger partial charge >= 0.3 is 0 Å². The van der Waals surface area contributed by atoms with Crippen molar-refractivity contribution in [3.63, 3.8) is 0 Å². The summed E-state index contributed by atoms with van der Waals surface area (Å²) in [4.78, 5) is 17.4. The number of carbonyl (C=O) groups excluding carboxylic acids is 1. The molecule has 1 aliphatic rings. The molecule has 0 bridgehead atoms. The van der Waals surface area contributed by atoms with Crippen LogP contribution in [0.25, 0.3) is 11.1 Å². The topological polar surface area (TPSA) is 74.2 Å². The molecule has 3 N–H and O–H groups in total. The molecule has 0 spiro atoms. The number of aromatic nitrogens is 1. The fraction of sp³-hybridized carbons (Fsp3) is 0.226. The van der Waals surface area contributed by atoms with Gasteiger partial charge in [0.2, 0.25) is 0 Å². The molecule has 5 rings (SSSR count). The number of nitrogens with zero attached hydrogens (tertiary/aromatic N) is 1. The summed E-state index contributed by atoms with van der Waals surface area (Å²) in [6, 6.07) is 29.6. The number of rotatable bonds is 9. The summed E-state index contributed by atoms with van der Waals surface area (Å²) in [6.45, 7) is 1.64. The van der Waals surface area contributed by atoms with Crippen LogP contribution < -0.4 is 10.6 Å². The van der Waals surface area contributed by atoms with E-state index in [1.165, 1.54) is 0 Å². The average Bonchev–Trinajstić information content (AvgIpc) is 3.23. The maximum absolute atomic E-state index is 13.0. The van der Waals surface area contributed by atoms with Crippen LogP contribution in [-0.2, 0) is 19.4 Å². The third kappa shape index (κ3) is 5.70. The van der Waals surface area contributed by atoms with Crippen molar-refractivity contribution in [1.29, 1.82) is 0 Å². The predicted octanol–water partition coefficient (Wildman–Crippen LogP) is 4.86. The number of pyridine rings is 1. The molecule has 182 valence electrons. The minimum atomic E-state index is -0.630. The summed E-state index contributed by atoms with van der Waals surface area (Å²) in [6.07, 6.45) is 3.71. The largest absolute Gasteiger partial charge is 0.390 e. The second kappa shape index (κ2) is 11.3. The second-order valence-corrected chi connectivity index (χ2v) is 9.30. The molecule has 0 saturated heterocycles. The predicted molar refractivity (Wildman–Crippen MR) is 143 cm³/mol. The number of amides is 1.